The number of anilines is 2. The van der Waals surface area contributed by atoms with E-state index in [1.165, 1.54) is 24.3 Å². The Hall–Kier alpha value is -4.49. The molecule has 1 atom stereocenters. The molecule has 6 N–H and O–H groups in total. The number of aromatic carboxylic acids is 1. The van der Waals surface area contributed by atoms with Crippen LogP contribution in [0.5, 0.6) is 0 Å². The zero-order chi connectivity index (χ0) is 34.6. The molecule has 246 valence electrons. The van der Waals surface area contributed by atoms with Crippen molar-refractivity contribution in [3.63, 3.8) is 0 Å². The molecule has 0 aromatic heterocycles. The molecule has 0 aliphatic rings. The summed E-state index contributed by atoms with van der Waals surface area (Å²) >= 11 is -2.35. The molecule has 0 bridgehead atoms. The summed E-state index contributed by atoms with van der Waals surface area (Å²) in [6.07, 6.45) is 0. The Balaban J connectivity index is 2.06. The molecule has 0 radical (unpaired) electrons. The molecular formula is C23H20N4O15S4. The van der Waals surface area contributed by atoms with Crippen molar-refractivity contribution in [3.05, 3.63) is 97.4 Å². The normalized spacial score (nSPS) is 13.7. The van der Waals surface area contributed by atoms with Crippen LogP contribution in [0.1, 0.15) is 15.9 Å². The third-order valence-electron chi connectivity index (χ3n) is 5.60. The van der Waals surface area contributed by atoms with Crippen LogP contribution < -0.4 is 32.4 Å². The Morgan fingerprint density at radius 1 is 0.913 bits per heavy atom. The standard InChI is InChI=1S/C23H20N4O15S4/c1-12(43(32)33)13-2-4-14(5-3-13)24-26-20-16(23(30)31)11-18(28)21(22(20)29)27-25-17-7-6-15(10-19(17)45(36,37)38)44(34,35)9-8-42-46(39,40)41/h2-7,10-11,24-25H,1,8-9H2,(H,30,31)(H,32,33)(H,36,37,38)(H,39,40,41)/b26-20-,27-21+. The number of benzene rings is 3. The quantitative estimate of drug-likeness (QED) is 0.0691. The van der Waals surface area contributed by atoms with Crippen LogP contribution in [0.15, 0.2) is 84.7 Å². The number of hydrogen-bond acceptors (Lipinski definition) is 15. The van der Waals surface area contributed by atoms with E-state index in [1.54, 1.807) is 0 Å². The van der Waals surface area contributed by atoms with E-state index in [2.05, 4.69) is 26.4 Å². The molecular weight excluding hydrogens is 701 g/mol. The van der Waals surface area contributed by atoms with Gasteiger partial charge >= 0.3 is 16.4 Å². The van der Waals surface area contributed by atoms with Gasteiger partial charge in [-0.15, -0.1) is 0 Å². The van der Waals surface area contributed by atoms with Crippen molar-refractivity contribution >= 4 is 63.7 Å². The second-order valence-electron chi connectivity index (χ2n) is 8.65. The lowest BCUT2D eigenvalue weighted by Gasteiger charge is -2.10. The lowest BCUT2D eigenvalue weighted by Crippen LogP contribution is -2.50. The summed E-state index contributed by atoms with van der Waals surface area (Å²) in [5.74, 6) is -2.77. The first kappa shape index (κ1) is 36.0. The van der Waals surface area contributed by atoms with Crippen molar-refractivity contribution in [2.24, 2.45) is 10.2 Å². The summed E-state index contributed by atoms with van der Waals surface area (Å²) in [7, 11) is -14.7. The van der Waals surface area contributed by atoms with Gasteiger partial charge in [0.05, 0.1) is 39.1 Å². The number of sulfone groups is 1. The lowest BCUT2D eigenvalue weighted by molar-refractivity contribution is 0.0694. The number of nitrogens with zero attached hydrogens (tertiary/aromatic N) is 2. The van der Waals surface area contributed by atoms with Crippen molar-refractivity contribution in [1.29, 1.82) is 0 Å². The molecule has 0 heterocycles. The molecule has 19 nitrogen and oxygen atoms in total. The average molecular weight is 721 g/mol. The topological polar surface area (TPSA) is 310 Å². The average Bonchev–Trinajstić information content (AvgIpc) is 2.94. The first-order chi connectivity index (χ1) is 21.2. The lowest BCUT2D eigenvalue weighted by atomic mass is 10.2. The van der Waals surface area contributed by atoms with Crippen molar-refractivity contribution in [2.45, 2.75) is 9.79 Å². The number of carboxylic acids is 1. The minimum absolute atomic E-state index is 0.109. The number of nitrogens with one attached hydrogen (secondary N) is 2. The molecule has 23 heteroatoms. The SMILES string of the molecule is C=C(c1ccc(N/N=c2/c(C(=O)O)cc(=O)/c(=N\Nc3ccc(S(=O)(=O)CCOS(=O)(=O)O)cc3S(=O)(=O)O)c2=O)cc1)S(=O)O. The van der Waals surface area contributed by atoms with Gasteiger partial charge in [-0.2, -0.15) is 27.0 Å². The predicted octanol–water partition coefficient (Wildman–Crippen LogP) is -1.13. The minimum Gasteiger partial charge on any atom is -0.478 e. The summed E-state index contributed by atoms with van der Waals surface area (Å²) in [4.78, 5) is 35.4. The zero-order valence-corrected chi connectivity index (χ0v) is 25.8. The zero-order valence-electron chi connectivity index (χ0n) is 22.5. The molecule has 0 fully saturated rings. The Labute approximate surface area is 260 Å². The third-order valence-corrected chi connectivity index (χ3v) is 9.29. The van der Waals surface area contributed by atoms with Crippen LogP contribution >= 0.6 is 0 Å². The predicted molar refractivity (Wildman–Crippen MR) is 159 cm³/mol. The van der Waals surface area contributed by atoms with Crippen LogP contribution in [0, 0.1) is 0 Å². The van der Waals surface area contributed by atoms with E-state index >= 15 is 0 Å². The molecule has 0 amide bonds. The molecule has 0 saturated heterocycles. The molecule has 3 aromatic carbocycles. The number of rotatable bonds is 13. The molecule has 0 aliphatic carbocycles. The summed E-state index contributed by atoms with van der Waals surface area (Å²) < 4.78 is 113. The Bertz CT molecular complexity index is 2310. The van der Waals surface area contributed by atoms with E-state index < -0.39 is 102 Å². The molecule has 3 rings (SSSR count). The smallest absolute Gasteiger partial charge is 0.397 e. The first-order valence-corrected chi connectivity index (χ1v) is 17.4. The highest BCUT2D eigenvalue weighted by Gasteiger charge is 2.23. The van der Waals surface area contributed by atoms with Crippen molar-refractivity contribution in [2.75, 3.05) is 23.2 Å². The van der Waals surface area contributed by atoms with Gasteiger partial charge in [0.1, 0.15) is 10.3 Å². The summed E-state index contributed by atoms with van der Waals surface area (Å²) in [6.45, 7) is 2.40. The van der Waals surface area contributed by atoms with E-state index in [4.69, 9.17) is 9.11 Å². The van der Waals surface area contributed by atoms with Crippen LogP contribution in [0.4, 0.5) is 11.4 Å². The van der Waals surface area contributed by atoms with E-state index in [1.807, 2.05) is 5.43 Å². The van der Waals surface area contributed by atoms with Gasteiger partial charge in [-0.1, -0.05) is 18.7 Å². The molecule has 3 aromatic rings. The molecule has 46 heavy (non-hydrogen) atoms. The summed E-state index contributed by atoms with van der Waals surface area (Å²) in [5, 5.41) is 14.9. The highest BCUT2D eigenvalue weighted by molar-refractivity contribution is 7.91. The minimum atomic E-state index is -5.22. The summed E-state index contributed by atoms with van der Waals surface area (Å²) in [5.41, 5.74) is 0.768. The van der Waals surface area contributed by atoms with Gasteiger partial charge in [0, 0.05) is 6.07 Å². The van der Waals surface area contributed by atoms with Crippen LogP contribution in [0.3, 0.4) is 0 Å². The molecule has 0 spiro atoms. The monoisotopic (exact) mass is 720 g/mol. The van der Waals surface area contributed by atoms with Crippen molar-refractivity contribution < 1.29 is 57.2 Å². The highest BCUT2D eigenvalue weighted by Crippen LogP contribution is 2.25. The first-order valence-electron chi connectivity index (χ1n) is 11.8. The van der Waals surface area contributed by atoms with Gasteiger partial charge in [-0.3, -0.25) is 29.5 Å². The van der Waals surface area contributed by atoms with Gasteiger partial charge in [-0.25, -0.2) is 21.6 Å². The Kier molecular flexibility index (Phi) is 10.9. The maximum absolute atomic E-state index is 13.1. The maximum atomic E-state index is 13.1. The van der Waals surface area contributed by atoms with E-state index in [0.29, 0.717) is 12.1 Å². The number of carboxylic acid groups (broad SMARTS) is 1. The van der Waals surface area contributed by atoms with Crippen LogP contribution in [-0.2, 0) is 45.6 Å². The second-order valence-corrected chi connectivity index (χ2v) is 14.2. The molecule has 0 aliphatic heterocycles. The van der Waals surface area contributed by atoms with Gasteiger partial charge in [0.25, 0.3) is 10.1 Å². The van der Waals surface area contributed by atoms with Gasteiger partial charge in [0.2, 0.25) is 10.9 Å². The largest absolute Gasteiger partial charge is 0.478 e. The summed E-state index contributed by atoms with van der Waals surface area (Å²) in [6, 6.07) is 7.94. The van der Waals surface area contributed by atoms with Gasteiger partial charge in [-0.05, 0) is 35.9 Å². The van der Waals surface area contributed by atoms with Crippen LogP contribution in [-0.4, -0.2) is 66.6 Å². The Morgan fingerprint density at radius 2 is 1.52 bits per heavy atom. The fraction of sp³-hybridized carbons (Fsp3) is 0.0870. The van der Waals surface area contributed by atoms with E-state index in [-0.39, 0.29) is 16.2 Å². The van der Waals surface area contributed by atoms with Crippen LogP contribution in [0.25, 0.3) is 4.91 Å². The second kappa shape index (κ2) is 13.9. The maximum Gasteiger partial charge on any atom is 0.397 e. The van der Waals surface area contributed by atoms with Crippen molar-refractivity contribution in [1.82, 2.24) is 0 Å². The fourth-order valence-electron chi connectivity index (χ4n) is 3.43. The van der Waals surface area contributed by atoms with Gasteiger partial charge < -0.3 is 9.66 Å². The van der Waals surface area contributed by atoms with Crippen molar-refractivity contribution in [3.8, 4) is 0 Å². The molecule has 1 unspecified atom stereocenters. The Morgan fingerprint density at radius 3 is 2.07 bits per heavy atom. The fourth-order valence-corrected chi connectivity index (χ4v) is 6.02. The van der Waals surface area contributed by atoms with E-state index in [0.717, 1.165) is 12.1 Å². The number of carbonyl (C=O) groups is 1. The molecule has 0 saturated carbocycles. The third kappa shape index (κ3) is 9.04. The number of hydrogen-bond donors (Lipinski definition) is 6. The van der Waals surface area contributed by atoms with Gasteiger partial charge in [0.15, 0.2) is 26.3 Å². The van der Waals surface area contributed by atoms with E-state index in [9.17, 15) is 53.5 Å². The van der Waals surface area contributed by atoms with Crippen LogP contribution in [0.2, 0.25) is 0 Å². The highest BCUT2D eigenvalue weighted by atomic mass is 32.3.